The first kappa shape index (κ1) is 14.3. The molecule has 0 radical (unpaired) electrons. The van der Waals surface area contributed by atoms with Crippen molar-refractivity contribution in [2.75, 3.05) is 13.1 Å². The van der Waals surface area contributed by atoms with Gasteiger partial charge < -0.3 is 16.0 Å². The Morgan fingerprint density at radius 3 is 2.74 bits per heavy atom. The summed E-state index contributed by atoms with van der Waals surface area (Å²) < 4.78 is 0. The Hall–Kier alpha value is -1.10. The lowest BCUT2D eigenvalue weighted by molar-refractivity contribution is -0.128. The summed E-state index contributed by atoms with van der Waals surface area (Å²) >= 11 is 0. The molecule has 5 heteroatoms. The van der Waals surface area contributed by atoms with E-state index in [2.05, 4.69) is 16.0 Å². The fourth-order valence-corrected chi connectivity index (χ4v) is 2.42. The zero-order valence-electron chi connectivity index (χ0n) is 11.8. The van der Waals surface area contributed by atoms with E-state index in [0.29, 0.717) is 25.4 Å². The summed E-state index contributed by atoms with van der Waals surface area (Å²) in [5, 5.41) is 9.17. The lowest BCUT2D eigenvalue weighted by atomic mass is 9.90. The van der Waals surface area contributed by atoms with E-state index in [1.54, 1.807) is 0 Å². The van der Waals surface area contributed by atoms with E-state index in [-0.39, 0.29) is 11.8 Å². The van der Waals surface area contributed by atoms with Gasteiger partial charge in [0.15, 0.2) is 0 Å². The number of rotatable bonds is 6. The largest absolute Gasteiger partial charge is 0.354 e. The normalized spacial score (nSPS) is 26.8. The van der Waals surface area contributed by atoms with Gasteiger partial charge in [0.2, 0.25) is 11.8 Å². The smallest absolute Gasteiger partial charge is 0.240 e. The third-order valence-corrected chi connectivity index (χ3v) is 3.93. The van der Waals surface area contributed by atoms with Gasteiger partial charge in [0.05, 0.1) is 5.54 Å². The topological polar surface area (TPSA) is 70.2 Å². The molecule has 0 aromatic heterocycles. The van der Waals surface area contributed by atoms with Gasteiger partial charge in [-0.05, 0) is 52.0 Å². The number of hydrogen-bond acceptors (Lipinski definition) is 3. The Bertz CT molecular complexity index is 334. The molecule has 0 aromatic rings. The minimum atomic E-state index is -0.422. The first-order valence-electron chi connectivity index (χ1n) is 7.43. The van der Waals surface area contributed by atoms with Gasteiger partial charge in [-0.1, -0.05) is 0 Å². The van der Waals surface area contributed by atoms with Crippen molar-refractivity contribution in [2.24, 2.45) is 0 Å². The molecule has 1 saturated carbocycles. The van der Waals surface area contributed by atoms with Crippen LogP contribution in [0.25, 0.3) is 0 Å². The van der Waals surface area contributed by atoms with Gasteiger partial charge in [-0.25, -0.2) is 0 Å². The summed E-state index contributed by atoms with van der Waals surface area (Å²) in [4.78, 5) is 23.5. The van der Waals surface area contributed by atoms with Crippen molar-refractivity contribution >= 4 is 11.8 Å². The van der Waals surface area contributed by atoms with Crippen molar-refractivity contribution in [3.63, 3.8) is 0 Å². The van der Waals surface area contributed by atoms with Crippen LogP contribution in [0, 0.1) is 0 Å². The van der Waals surface area contributed by atoms with Gasteiger partial charge in [-0.2, -0.15) is 0 Å². The molecule has 2 rings (SSSR count). The minimum Gasteiger partial charge on any atom is -0.354 e. The highest BCUT2D eigenvalue weighted by molar-refractivity contribution is 5.86. The quantitative estimate of drug-likeness (QED) is 0.620. The van der Waals surface area contributed by atoms with E-state index in [4.69, 9.17) is 0 Å². The summed E-state index contributed by atoms with van der Waals surface area (Å²) in [6, 6.07) is 0.424. The molecule has 19 heavy (non-hydrogen) atoms. The second-order valence-corrected chi connectivity index (χ2v) is 5.92. The molecule has 0 spiro atoms. The van der Waals surface area contributed by atoms with Crippen molar-refractivity contribution in [2.45, 2.75) is 63.5 Å². The maximum absolute atomic E-state index is 12.1. The van der Waals surface area contributed by atoms with Crippen LogP contribution in [0.3, 0.4) is 0 Å². The lowest BCUT2D eigenvalue weighted by Gasteiger charge is -2.33. The van der Waals surface area contributed by atoms with E-state index >= 15 is 0 Å². The number of carbonyl (C=O) groups excluding carboxylic acids is 2. The Kier molecular flexibility index (Phi) is 4.80. The Morgan fingerprint density at radius 1 is 1.32 bits per heavy atom. The average Bonchev–Trinajstić information content (AvgIpc) is 3.19. The fraction of sp³-hybridized carbons (Fsp3) is 0.857. The zero-order chi connectivity index (χ0) is 13.7. The predicted molar refractivity (Wildman–Crippen MR) is 73.7 cm³/mol. The molecule has 0 bridgehead atoms. The summed E-state index contributed by atoms with van der Waals surface area (Å²) in [6.07, 6.45) is 6.58. The third-order valence-electron chi connectivity index (χ3n) is 3.93. The Balaban J connectivity index is 1.59. The summed E-state index contributed by atoms with van der Waals surface area (Å²) in [6.45, 7) is 3.45. The van der Waals surface area contributed by atoms with Crippen molar-refractivity contribution in [3.8, 4) is 0 Å². The van der Waals surface area contributed by atoms with Crippen molar-refractivity contribution in [1.82, 2.24) is 16.0 Å². The second-order valence-electron chi connectivity index (χ2n) is 5.92. The summed E-state index contributed by atoms with van der Waals surface area (Å²) in [7, 11) is 0. The second kappa shape index (κ2) is 6.37. The van der Waals surface area contributed by atoms with Crippen LogP contribution in [0.1, 0.15) is 51.9 Å². The number of hydrogen-bond donors (Lipinski definition) is 3. The van der Waals surface area contributed by atoms with Gasteiger partial charge >= 0.3 is 0 Å². The number of carbonyl (C=O) groups is 2. The SMILES string of the molecule is CC1(C(=O)NCCCC(=O)NC2CC2)CCCCN1. The average molecular weight is 267 g/mol. The Labute approximate surface area is 114 Å². The highest BCUT2D eigenvalue weighted by Crippen LogP contribution is 2.19. The molecule has 1 aliphatic heterocycles. The molecule has 2 fully saturated rings. The van der Waals surface area contributed by atoms with Crippen LogP contribution >= 0.6 is 0 Å². The number of piperidine rings is 1. The maximum Gasteiger partial charge on any atom is 0.240 e. The first-order valence-corrected chi connectivity index (χ1v) is 7.43. The van der Waals surface area contributed by atoms with Crippen LogP contribution in [0.5, 0.6) is 0 Å². The summed E-state index contributed by atoms with van der Waals surface area (Å²) in [5.41, 5.74) is -0.422. The molecular weight excluding hydrogens is 242 g/mol. The molecule has 3 N–H and O–H groups in total. The van der Waals surface area contributed by atoms with Gasteiger partial charge in [0, 0.05) is 19.0 Å². The third kappa shape index (κ3) is 4.49. The van der Waals surface area contributed by atoms with Gasteiger partial charge in [-0.15, -0.1) is 0 Å². The van der Waals surface area contributed by atoms with E-state index < -0.39 is 5.54 Å². The maximum atomic E-state index is 12.1. The lowest BCUT2D eigenvalue weighted by Crippen LogP contribution is -2.57. The van der Waals surface area contributed by atoms with Gasteiger partial charge in [0.1, 0.15) is 0 Å². The van der Waals surface area contributed by atoms with Crippen LogP contribution in [-0.4, -0.2) is 36.5 Å². The Morgan fingerprint density at radius 2 is 2.11 bits per heavy atom. The summed E-state index contributed by atoms with van der Waals surface area (Å²) in [5.74, 6) is 0.175. The molecule has 0 aromatic carbocycles. The highest BCUT2D eigenvalue weighted by atomic mass is 16.2. The minimum absolute atomic E-state index is 0.0646. The molecular formula is C14H25N3O2. The van der Waals surface area contributed by atoms with E-state index in [1.165, 1.54) is 0 Å². The monoisotopic (exact) mass is 267 g/mol. The standard InChI is InChI=1S/C14H25N3O2/c1-14(8-2-3-10-16-14)13(19)15-9-4-5-12(18)17-11-6-7-11/h11,16H,2-10H2,1H3,(H,15,19)(H,17,18). The van der Waals surface area contributed by atoms with E-state index in [9.17, 15) is 9.59 Å². The van der Waals surface area contributed by atoms with Crippen LogP contribution < -0.4 is 16.0 Å². The van der Waals surface area contributed by atoms with Crippen molar-refractivity contribution in [3.05, 3.63) is 0 Å². The van der Waals surface area contributed by atoms with Crippen molar-refractivity contribution < 1.29 is 9.59 Å². The molecule has 1 atom stereocenters. The molecule has 2 amide bonds. The fourth-order valence-electron chi connectivity index (χ4n) is 2.42. The highest BCUT2D eigenvalue weighted by Gasteiger charge is 2.33. The molecule has 1 heterocycles. The molecule has 1 unspecified atom stereocenters. The predicted octanol–water partition coefficient (Wildman–Crippen LogP) is 0.694. The van der Waals surface area contributed by atoms with Gasteiger partial charge in [-0.3, -0.25) is 9.59 Å². The number of amides is 2. The molecule has 1 aliphatic carbocycles. The molecule has 1 saturated heterocycles. The van der Waals surface area contributed by atoms with Crippen molar-refractivity contribution in [1.29, 1.82) is 0 Å². The zero-order valence-corrected chi connectivity index (χ0v) is 11.8. The van der Waals surface area contributed by atoms with E-state index in [0.717, 1.165) is 38.6 Å². The molecule has 5 nitrogen and oxygen atoms in total. The van der Waals surface area contributed by atoms with Crippen LogP contribution in [0.15, 0.2) is 0 Å². The molecule has 2 aliphatic rings. The first-order chi connectivity index (χ1) is 9.10. The van der Waals surface area contributed by atoms with Gasteiger partial charge in [0.25, 0.3) is 0 Å². The molecule has 108 valence electrons. The number of nitrogens with one attached hydrogen (secondary N) is 3. The van der Waals surface area contributed by atoms with Crippen LogP contribution in [-0.2, 0) is 9.59 Å². The van der Waals surface area contributed by atoms with E-state index in [1.807, 2.05) is 6.92 Å². The van der Waals surface area contributed by atoms with Crippen LogP contribution in [0.4, 0.5) is 0 Å². The van der Waals surface area contributed by atoms with Crippen LogP contribution in [0.2, 0.25) is 0 Å².